The lowest BCUT2D eigenvalue weighted by molar-refractivity contribution is -0.0599. The van der Waals surface area contributed by atoms with Gasteiger partial charge in [-0.05, 0) is 55.7 Å². The molecule has 2 aromatic rings. The molecule has 0 unspecified atom stereocenters. The summed E-state index contributed by atoms with van der Waals surface area (Å²) >= 11 is 6.66. The van der Waals surface area contributed by atoms with Gasteiger partial charge in [0.25, 0.3) is 0 Å². The van der Waals surface area contributed by atoms with Gasteiger partial charge in [0, 0.05) is 35.7 Å². The number of methoxy groups -OCH3 is 1. The van der Waals surface area contributed by atoms with Crippen LogP contribution in [0.5, 0.6) is 11.5 Å². The van der Waals surface area contributed by atoms with Crippen molar-refractivity contribution >= 4 is 21.6 Å². The molecule has 8 heteroatoms. The summed E-state index contributed by atoms with van der Waals surface area (Å²) in [7, 11) is -0.412. The summed E-state index contributed by atoms with van der Waals surface area (Å²) in [5.74, 6) is 1.53. The molecule has 0 amide bonds. The third kappa shape index (κ3) is 3.09. The number of rotatable bonds is 6. The van der Waals surface area contributed by atoms with Crippen LogP contribution in [-0.2, 0) is 21.9 Å². The molecule has 172 valence electrons. The Kier molecular flexibility index (Phi) is 5.44. The Morgan fingerprint density at radius 1 is 1.25 bits per heavy atom. The average Bonchev–Trinajstić information content (AvgIpc) is 3.16. The van der Waals surface area contributed by atoms with Crippen molar-refractivity contribution in [2.24, 2.45) is 5.92 Å². The maximum absolute atomic E-state index is 13.1. The summed E-state index contributed by atoms with van der Waals surface area (Å²) in [6.07, 6.45) is 2.84. The highest BCUT2D eigenvalue weighted by atomic mass is 35.5. The number of halogens is 1. The number of aliphatic hydroxyl groups excluding tert-OH is 1. The monoisotopic (exact) mass is 477 g/mol. The quantitative estimate of drug-likeness (QED) is 0.685. The Morgan fingerprint density at radius 3 is 2.72 bits per heavy atom. The maximum atomic E-state index is 13.1. The van der Waals surface area contributed by atoms with Crippen LogP contribution in [0.25, 0.3) is 0 Å². The molecule has 1 N–H and O–H groups in total. The molecule has 0 aromatic heterocycles. The van der Waals surface area contributed by atoms with E-state index in [2.05, 4.69) is 0 Å². The topological polar surface area (TPSA) is 76.1 Å². The van der Waals surface area contributed by atoms with Gasteiger partial charge >= 0.3 is 0 Å². The summed E-state index contributed by atoms with van der Waals surface area (Å²) in [5.41, 5.74) is 1.58. The van der Waals surface area contributed by atoms with E-state index in [1.807, 2.05) is 0 Å². The number of ether oxygens (including phenoxy) is 2. The number of hydrogen-bond acceptors (Lipinski definition) is 5. The van der Waals surface area contributed by atoms with Crippen LogP contribution in [0.1, 0.15) is 36.8 Å². The van der Waals surface area contributed by atoms with Crippen LogP contribution in [0, 0.1) is 5.92 Å². The molecule has 4 atom stereocenters. The molecular weight excluding hydrogens is 450 g/mol. The van der Waals surface area contributed by atoms with Crippen LogP contribution in [0.3, 0.4) is 0 Å². The third-order valence-corrected chi connectivity index (χ3v) is 9.87. The zero-order valence-electron chi connectivity index (χ0n) is 18.3. The Bertz CT molecular complexity index is 1140. The molecule has 0 saturated heterocycles. The molecule has 3 aliphatic rings. The van der Waals surface area contributed by atoms with Crippen molar-refractivity contribution in [2.75, 3.05) is 20.7 Å². The number of sulfonamides is 1. The second kappa shape index (κ2) is 7.90. The molecule has 0 radical (unpaired) electrons. The number of benzene rings is 2. The zero-order valence-corrected chi connectivity index (χ0v) is 19.8. The van der Waals surface area contributed by atoms with E-state index in [-0.39, 0.29) is 4.90 Å². The van der Waals surface area contributed by atoms with E-state index in [1.165, 1.54) is 4.31 Å². The summed E-state index contributed by atoms with van der Waals surface area (Å²) in [6.45, 7) is 0.314. The van der Waals surface area contributed by atoms with Crippen molar-refractivity contribution in [1.82, 2.24) is 4.31 Å². The normalized spacial score (nSPS) is 28.3. The molecule has 32 heavy (non-hydrogen) atoms. The molecule has 1 fully saturated rings. The van der Waals surface area contributed by atoms with Crippen LogP contribution in [0.2, 0.25) is 5.02 Å². The molecule has 2 aliphatic carbocycles. The van der Waals surface area contributed by atoms with Gasteiger partial charge in [-0.1, -0.05) is 29.8 Å². The standard InChI is InChI=1S/C24H28ClNO5S/c1-26(32(28,29)16-6-4-3-5-7-16)13-12-24-15-8-10-17-18(25)14-20(30-2)22(21(17)24)31-23(24)19(27)11-9-15/h3-7,14-15,19,23,27H,8-13H2,1-2H3/t15-,19-,23+,24+/m1/s1. The van der Waals surface area contributed by atoms with Gasteiger partial charge in [-0.2, -0.15) is 0 Å². The highest BCUT2D eigenvalue weighted by Crippen LogP contribution is 2.62. The highest BCUT2D eigenvalue weighted by Gasteiger charge is 2.61. The van der Waals surface area contributed by atoms with Crippen LogP contribution in [-0.4, -0.2) is 50.7 Å². The molecule has 1 aliphatic heterocycles. The van der Waals surface area contributed by atoms with Crippen molar-refractivity contribution in [3.63, 3.8) is 0 Å². The van der Waals surface area contributed by atoms with Gasteiger partial charge in [-0.25, -0.2) is 12.7 Å². The van der Waals surface area contributed by atoms with Crippen molar-refractivity contribution in [2.45, 2.75) is 54.6 Å². The first kappa shape index (κ1) is 22.0. The minimum atomic E-state index is -3.61. The SMILES string of the molecule is COc1cc(Cl)c2c3c1O[C@H]1[C@H](O)CC[C@@H](CC2)[C@@]31CCN(C)S(=O)(=O)c1ccccc1. The Balaban J connectivity index is 1.56. The smallest absolute Gasteiger partial charge is 0.242 e. The van der Waals surface area contributed by atoms with Gasteiger partial charge in [0.2, 0.25) is 10.0 Å². The lowest BCUT2D eigenvalue weighted by atomic mass is 9.54. The van der Waals surface area contributed by atoms with E-state index < -0.39 is 27.6 Å². The second-order valence-corrected chi connectivity index (χ2v) is 11.5. The highest BCUT2D eigenvalue weighted by molar-refractivity contribution is 7.89. The molecule has 1 heterocycles. The van der Waals surface area contributed by atoms with Crippen molar-refractivity contribution in [3.8, 4) is 11.5 Å². The van der Waals surface area contributed by atoms with E-state index in [4.69, 9.17) is 21.1 Å². The van der Waals surface area contributed by atoms with E-state index in [0.29, 0.717) is 41.8 Å². The molecular formula is C24H28ClNO5S. The lowest BCUT2D eigenvalue weighted by Gasteiger charge is -2.50. The molecule has 0 bridgehead atoms. The van der Waals surface area contributed by atoms with Crippen molar-refractivity contribution in [3.05, 3.63) is 52.5 Å². The molecule has 2 aromatic carbocycles. The van der Waals surface area contributed by atoms with Crippen molar-refractivity contribution < 1.29 is 23.0 Å². The molecule has 6 nitrogen and oxygen atoms in total. The van der Waals surface area contributed by atoms with Gasteiger partial charge in [0.1, 0.15) is 6.10 Å². The van der Waals surface area contributed by atoms with Crippen molar-refractivity contribution in [1.29, 1.82) is 0 Å². The Morgan fingerprint density at radius 2 is 2.00 bits per heavy atom. The molecule has 5 rings (SSSR count). The van der Waals surface area contributed by atoms with Crippen LogP contribution in [0.15, 0.2) is 41.3 Å². The summed E-state index contributed by atoms with van der Waals surface area (Å²) < 4.78 is 39.6. The first-order valence-corrected chi connectivity index (χ1v) is 12.9. The minimum absolute atomic E-state index is 0.275. The van der Waals surface area contributed by atoms with Crippen LogP contribution < -0.4 is 9.47 Å². The molecule has 1 saturated carbocycles. The zero-order chi connectivity index (χ0) is 22.7. The fourth-order valence-electron chi connectivity index (χ4n) is 6.09. The minimum Gasteiger partial charge on any atom is -0.493 e. The Labute approximate surface area is 194 Å². The first-order valence-electron chi connectivity index (χ1n) is 11.1. The van der Waals surface area contributed by atoms with Gasteiger partial charge in [-0.3, -0.25) is 0 Å². The second-order valence-electron chi connectivity index (χ2n) is 9.09. The van der Waals surface area contributed by atoms with Crippen LogP contribution >= 0.6 is 11.6 Å². The maximum Gasteiger partial charge on any atom is 0.242 e. The molecule has 0 spiro atoms. The van der Waals surface area contributed by atoms with Gasteiger partial charge in [0.05, 0.1) is 18.1 Å². The lowest BCUT2D eigenvalue weighted by Crippen LogP contribution is -2.57. The van der Waals surface area contributed by atoms with E-state index in [1.54, 1.807) is 50.6 Å². The van der Waals surface area contributed by atoms with E-state index in [0.717, 1.165) is 30.4 Å². The van der Waals surface area contributed by atoms with Gasteiger partial charge in [-0.15, -0.1) is 0 Å². The van der Waals surface area contributed by atoms with Gasteiger partial charge in [0.15, 0.2) is 11.5 Å². The summed E-state index contributed by atoms with van der Waals surface area (Å²) in [4.78, 5) is 0.275. The number of hydrogen-bond donors (Lipinski definition) is 1. The largest absolute Gasteiger partial charge is 0.493 e. The van der Waals surface area contributed by atoms with Gasteiger partial charge < -0.3 is 14.6 Å². The van der Waals surface area contributed by atoms with E-state index >= 15 is 0 Å². The number of nitrogens with zero attached hydrogens (tertiary/aromatic N) is 1. The summed E-state index contributed by atoms with van der Waals surface area (Å²) in [5, 5.41) is 11.6. The van der Waals surface area contributed by atoms with E-state index in [9.17, 15) is 13.5 Å². The summed E-state index contributed by atoms with van der Waals surface area (Å²) in [6, 6.07) is 10.3. The fraction of sp³-hybridized carbons (Fsp3) is 0.500. The number of aliphatic hydroxyl groups is 1. The predicted octanol–water partition coefficient (Wildman–Crippen LogP) is 3.78. The first-order chi connectivity index (χ1) is 15.3. The predicted molar refractivity (Wildman–Crippen MR) is 122 cm³/mol. The third-order valence-electron chi connectivity index (χ3n) is 7.66. The fourth-order valence-corrected chi connectivity index (χ4v) is 7.57. The van der Waals surface area contributed by atoms with Crippen LogP contribution in [0.4, 0.5) is 0 Å². The Hall–Kier alpha value is -1.80. The average molecular weight is 478 g/mol.